The molecule has 0 fully saturated rings. The molecule has 28 heavy (non-hydrogen) atoms. The predicted octanol–water partition coefficient (Wildman–Crippen LogP) is 6.59. The zero-order valence-electron chi connectivity index (χ0n) is 16.3. The van der Waals surface area contributed by atoms with Gasteiger partial charge in [-0.05, 0) is 72.1 Å². The summed E-state index contributed by atoms with van der Waals surface area (Å²) in [5.74, 6) is 1.40. The number of hydrogen-bond donors (Lipinski definition) is 2. The van der Waals surface area contributed by atoms with Gasteiger partial charge in [-0.1, -0.05) is 56.3 Å². The van der Waals surface area contributed by atoms with Gasteiger partial charge in [0.15, 0.2) is 5.11 Å². The zero-order valence-corrected chi connectivity index (χ0v) is 17.1. The second-order valence-electron chi connectivity index (χ2n) is 6.81. The fourth-order valence-corrected chi connectivity index (χ4v) is 3.04. The Labute approximate surface area is 172 Å². The first kappa shape index (κ1) is 19.9. The SMILES string of the molecule is CC[C@@H](C)c1ccc(NC(=S)Nc2ccc(OCc3ccccc3)cc2)cc1. The average molecular weight is 391 g/mol. The van der Waals surface area contributed by atoms with E-state index in [9.17, 15) is 0 Å². The van der Waals surface area contributed by atoms with Gasteiger partial charge in [-0.3, -0.25) is 0 Å². The summed E-state index contributed by atoms with van der Waals surface area (Å²) in [6.07, 6.45) is 1.14. The molecule has 144 valence electrons. The van der Waals surface area contributed by atoms with Crippen LogP contribution in [0, 0.1) is 0 Å². The number of hydrogen-bond acceptors (Lipinski definition) is 2. The highest BCUT2D eigenvalue weighted by Crippen LogP contribution is 2.21. The lowest BCUT2D eigenvalue weighted by Crippen LogP contribution is -2.19. The summed E-state index contributed by atoms with van der Waals surface area (Å²) in [7, 11) is 0. The van der Waals surface area contributed by atoms with Crippen molar-refractivity contribution >= 4 is 28.7 Å². The van der Waals surface area contributed by atoms with E-state index in [1.54, 1.807) is 0 Å². The highest BCUT2D eigenvalue weighted by Gasteiger charge is 2.04. The Morgan fingerprint density at radius 1 is 0.857 bits per heavy atom. The third kappa shape index (κ3) is 5.83. The molecule has 3 rings (SSSR count). The van der Waals surface area contributed by atoms with Crippen LogP contribution in [0.2, 0.25) is 0 Å². The molecule has 0 aliphatic rings. The lowest BCUT2D eigenvalue weighted by molar-refractivity contribution is 0.306. The molecule has 0 saturated carbocycles. The van der Waals surface area contributed by atoms with E-state index in [0.29, 0.717) is 17.6 Å². The second kappa shape index (κ2) is 9.90. The van der Waals surface area contributed by atoms with Crippen molar-refractivity contribution in [3.8, 4) is 5.75 Å². The van der Waals surface area contributed by atoms with Gasteiger partial charge < -0.3 is 15.4 Å². The molecule has 1 atom stereocenters. The highest BCUT2D eigenvalue weighted by molar-refractivity contribution is 7.80. The van der Waals surface area contributed by atoms with Crippen LogP contribution in [0.1, 0.15) is 37.3 Å². The van der Waals surface area contributed by atoms with Crippen LogP contribution in [-0.2, 0) is 6.61 Å². The molecule has 4 heteroatoms. The quantitative estimate of drug-likeness (QED) is 0.446. The summed E-state index contributed by atoms with van der Waals surface area (Å²) < 4.78 is 5.81. The Hall–Kier alpha value is -2.85. The molecule has 0 heterocycles. The van der Waals surface area contributed by atoms with Gasteiger partial charge in [-0.15, -0.1) is 0 Å². The Morgan fingerprint density at radius 3 is 2.00 bits per heavy atom. The molecular weight excluding hydrogens is 364 g/mol. The van der Waals surface area contributed by atoms with Gasteiger partial charge in [0, 0.05) is 11.4 Å². The van der Waals surface area contributed by atoms with Crippen molar-refractivity contribution in [2.24, 2.45) is 0 Å². The summed E-state index contributed by atoms with van der Waals surface area (Å²) in [5.41, 5.74) is 4.39. The van der Waals surface area contributed by atoms with Gasteiger partial charge in [0.2, 0.25) is 0 Å². The maximum absolute atomic E-state index is 5.81. The van der Waals surface area contributed by atoms with Gasteiger partial charge in [-0.2, -0.15) is 0 Å². The minimum Gasteiger partial charge on any atom is -0.489 e. The molecule has 0 aliphatic heterocycles. The number of thiocarbonyl (C=S) groups is 1. The first-order chi connectivity index (χ1) is 13.6. The van der Waals surface area contributed by atoms with E-state index in [-0.39, 0.29) is 0 Å². The van der Waals surface area contributed by atoms with E-state index in [1.807, 2.05) is 42.5 Å². The van der Waals surface area contributed by atoms with Crippen molar-refractivity contribution in [1.82, 2.24) is 0 Å². The fraction of sp³-hybridized carbons (Fsp3) is 0.208. The van der Waals surface area contributed by atoms with E-state index in [4.69, 9.17) is 17.0 Å². The molecule has 3 nitrogen and oxygen atoms in total. The lowest BCUT2D eigenvalue weighted by Gasteiger charge is -2.13. The van der Waals surface area contributed by atoms with Gasteiger partial charge in [-0.25, -0.2) is 0 Å². The maximum atomic E-state index is 5.81. The van der Waals surface area contributed by atoms with Crippen molar-refractivity contribution < 1.29 is 4.74 Å². The van der Waals surface area contributed by atoms with Crippen molar-refractivity contribution in [2.45, 2.75) is 32.8 Å². The normalized spacial score (nSPS) is 11.5. The minimum atomic E-state index is 0.556. The Balaban J connectivity index is 1.50. The molecule has 3 aromatic carbocycles. The largest absolute Gasteiger partial charge is 0.489 e. The maximum Gasteiger partial charge on any atom is 0.175 e. The lowest BCUT2D eigenvalue weighted by atomic mass is 9.99. The monoisotopic (exact) mass is 390 g/mol. The molecule has 2 N–H and O–H groups in total. The molecule has 0 unspecified atom stereocenters. The van der Waals surface area contributed by atoms with E-state index in [0.717, 1.165) is 29.1 Å². The summed E-state index contributed by atoms with van der Waals surface area (Å²) in [5, 5.41) is 6.99. The summed E-state index contributed by atoms with van der Waals surface area (Å²) in [4.78, 5) is 0. The molecule has 0 radical (unpaired) electrons. The van der Waals surface area contributed by atoms with Gasteiger partial charge in [0.05, 0.1) is 0 Å². The highest BCUT2D eigenvalue weighted by atomic mass is 32.1. The summed E-state index contributed by atoms with van der Waals surface area (Å²) >= 11 is 5.42. The molecule has 0 bridgehead atoms. The number of ether oxygens (including phenoxy) is 1. The predicted molar refractivity (Wildman–Crippen MR) is 122 cm³/mol. The van der Waals surface area contributed by atoms with E-state index in [1.165, 1.54) is 5.56 Å². The second-order valence-corrected chi connectivity index (χ2v) is 7.22. The molecule has 0 spiro atoms. The van der Waals surface area contributed by atoms with Crippen molar-refractivity contribution in [3.05, 3.63) is 90.0 Å². The van der Waals surface area contributed by atoms with Crippen LogP contribution in [0.3, 0.4) is 0 Å². The van der Waals surface area contributed by atoms with Crippen LogP contribution in [0.4, 0.5) is 11.4 Å². The van der Waals surface area contributed by atoms with Crippen LogP contribution in [0.5, 0.6) is 5.75 Å². The third-order valence-electron chi connectivity index (χ3n) is 4.71. The molecule has 0 saturated heterocycles. The van der Waals surface area contributed by atoms with E-state index < -0.39 is 0 Å². The van der Waals surface area contributed by atoms with Crippen molar-refractivity contribution in [1.29, 1.82) is 0 Å². The molecular formula is C24H26N2OS. The number of nitrogens with one attached hydrogen (secondary N) is 2. The molecule has 0 amide bonds. The van der Waals surface area contributed by atoms with Gasteiger partial charge in [0.25, 0.3) is 0 Å². The fourth-order valence-electron chi connectivity index (χ4n) is 2.80. The van der Waals surface area contributed by atoms with Crippen molar-refractivity contribution in [3.63, 3.8) is 0 Å². The van der Waals surface area contributed by atoms with Crippen LogP contribution in [0.15, 0.2) is 78.9 Å². The topological polar surface area (TPSA) is 33.3 Å². The summed E-state index contributed by atoms with van der Waals surface area (Å²) in [6.45, 7) is 5.00. The Morgan fingerprint density at radius 2 is 1.43 bits per heavy atom. The Kier molecular flexibility index (Phi) is 7.04. The Bertz CT molecular complexity index is 877. The standard InChI is InChI=1S/C24H26N2OS/c1-3-18(2)20-9-11-21(12-10-20)25-24(28)26-22-13-15-23(16-14-22)27-17-19-7-5-4-6-8-19/h4-16,18H,3,17H2,1-2H3,(H2,25,26,28)/t18-/m1/s1. The molecule has 3 aromatic rings. The van der Waals surface area contributed by atoms with Gasteiger partial charge in [0.1, 0.15) is 12.4 Å². The van der Waals surface area contributed by atoms with Crippen molar-refractivity contribution in [2.75, 3.05) is 10.6 Å². The first-order valence-corrected chi connectivity index (χ1v) is 9.99. The number of rotatable bonds is 7. The number of benzene rings is 3. The van der Waals surface area contributed by atoms with Crippen LogP contribution < -0.4 is 15.4 Å². The van der Waals surface area contributed by atoms with Gasteiger partial charge >= 0.3 is 0 Å². The summed E-state index contributed by atoms with van der Waals surface area (Å²) in [6, 6.07) is 26.4. The smallest absolute Gasteiger partial charge is 0.175 e. The number of anilines is 2. The molecule has 0 aromatic heterocycles. The minimum absolute atomic E-state index is 0.556. The first-order valence-electron chi connectivity index (χ1n) is 9.59. The van der Waals surface area contributed by atoms with Crippen LogP contribution in [-0.4, -0.2) is 5.11 Å². The average Bonchev–Trinajstić information content (AvgIpc) is 2.74. The van der Waals surface area contributed by atoms with Crippen LogP contribution in [0.25, 0.3) is 0 Å². The third-order valence-corrected chi connectivity index (χ3v) is 4.91. The van der Waals surface area contributed by atoms with Crippen LogP contribution >= 0.6 is 12.2 Å². The van der Waals surface area contributed by atoms with E-state index in [2.05, 4.69) is 60.9 Å². The molecule has 0 aliphatic carbocycles. The van der Waals surface area contributed by atoms with E-state index >= 15 is 0 Å². The zero-order chi connectivity index (χ0) is 19.8.